The second-order valence-electron chi connectivity index (χ2n) is 3.47. The summed E-state index contributed by atoms with van der Waals surface area (Å²) in [6, 6.07) is 15.8. The van der Waals surface area contributed by atoms with Crippen molar-refractivity contribution in [2.24, 2.45) is 0 Å². The molecule has 0 N–H and O–H groups in total. The number of benzene rings is 2. The van der Waals surface area contributed by atoms with Gasteiger partial charge in [0.1, 0.15) is 11.6 Å². The van der Waals surface area contributed by atoms with Crippen molar-refractivity contribution in [1.82, 2.24) is 0 Å². The van der Waals surface area contributed by atoms with Crippen molar-refractivity contribution in [3.8, 4) is 17.2 Å². The standard InChI is InChI=1S/C13H8N2O2/c14-9-12-8-11(6-7-13(12)15(16)17)10-4-2-1-3-5-10/h1-8H. The van der Waals surface area contributed by atoms with Gasteiger partial charge in [-0.1, -0.05) is 30.3 Å². The van der Waals surface area contributed by atoms with Crippen LogP contribution in [-0.2, 0) is 0 Å². The molecule has 0 aliphatic heterocycles. The van der Waals surface area contributed by atoms with Crippen LogP contribution in [0.25, 0.3) is 11.1 Å². The summed E-state index contributed by atoms with van der Waals surface area (Å²) in [6.07, 6.45) is 0. The molecule has 4 heteroatoms. The monoisotopic (exact) mass is 224 g/mol. The normalized spacial score (nSPS) is 9.59. The second kappa shape index (κ2) is 4.45. The van der Waals surface area contributed by atoms with E-state index in [-0.39, 0.29) is 11.3 Å². The Hall–Kier alpha value is -2.67. The number of hydrogen-bond donors (Lipinski definition) is 0. The first-order valence-electron chi connectivity index (χ1n) is 4.96. The SMILES string of the molecule is N#Cc1cc(-c2ccccc2)ccc1[N+](=O)[O-]. The lowest BCUT2D eigenvalue weighted by atomic mass is 10.0. The molecule has 2 rings (SSSR count). The van der Waals surface area contributed by atoms with Gasteiger partial charge in [0.2, 0.25) is 0 Å². The fourth-order valence-electron chi connectivity index (χ4n) is 1.59. The molecule has 0 aliphatic carbocycles. The van der Waals surface area contributed by atoms with Gasteiger partial charge in [0.25, 0.3) is 5.69 Å². The number of hydrogen-bond acceptors (Lipinski definition) is 3. The second-order valence-corrected chi connectivity index (χ2v) is 3.47. The first kappa shape index (κ1) is 10.8. The molecule has 0 unspecified atom stereocenters. The van der Waals surface area contributed by atoms with Crippen LogP contribution >= 0.6 is 0 Å². The van der Waals surface area contributed by atoms with Crippen molar-refractivity contribution in [2.75, 3.05) is 0 Å². The van der Waals surface area contributed by atoms with Gasteiger partial charge in [0.15, 0.2) is 0 Å². The minimum atomic E-state index is -0.548. The Balaban J connectivity index is 2.54. The summed E-state index contributed by atoms with van der Waals surface area (Å²) >= 11 is 0. The molecule has 0 heterocycles. The molecule has 0 aliphatic rings. The Morgan fingerprint density at radius 2 is 1.76 bits per heavy atom. The Morgan fingerprint density at radius 1 is 1.06 bits per heavy atom. The van der Waals surface area contributed by atoms with E-state index in [0.717, 1.165) is 11.1 Å². The highest BCUT2D eigenvalue weighted by molar-refractivity contribution is 5.68. The summed E-state index contributed by atoms with van der Waals surface area (Å²) in [7, 11) is 0. The lowest BCUT2D eigenvalue weighted by Crippen LogP contribution is -1.92. The predicted molar refractivity (Wildman–Crippen MR) is 63.2 cm³/mol. The molecule has 0 amide bonds. The highest BCUT2D eigenvalue weighted by Gasteiger charge is 2.13. The van der Waals surface area contributed by atoms with Crippen LogP contribution in [0.5, 0.6) is 0 Å². The molecule has 2 aromatic carbocycles. The summed E-state index contributed by atoms with van der Waals surface area (Å²) in [6.45, 7) is 0. The average molecular weight is 224 g/mol. The van der Waals surface area contributed by atoms with E-state index in [9.17, 15) is 10.1 Å². The van der Waals surface area contributed by atoms with Crippen LogP contribution in [0.2, 0.25) is 0 Å². The van der Waals surface area contributed by atoms with Gasteiger partial charge >= 0.3 is 0 Å². The Labute approximate surface area is 97.9 Å². The van der Waals surface area contributed by atoms with Gasteiger partial charge in [-0.2, -0.15) is 5.26 Å². The summed E-state index contributed by atoms with van der Waals surface area (Å²) in [4.78, 5) is 10.1. The number of rotatable bonds is 2. The number of nitro groups is 1. The summed E-state index contributed by atoms with van der Waals surface area (Å²) in [5, 5.41) is 19.6. The van der Waals surface area contributed by atoms with Crippen LogP contribution in [0, 0.1) is 21.4 Å². The Kier molecular flexibility index (Phi) is 2.84. The van der Waals surface area contributed by atoms with E-state index in [1.54, 1.807) is 6.07 Å². The zero-order chi connectivity index (χ0) is 12.3. The molecule has 17 heavy (non-hydrogen) atoms. The third kappa shape index (κ3) is 2.13. The number of nitrogens with zero attached hydrogens (tertiary/aromatic N) is 2. The first-order valence-corrected chi connectivity index (χ1v) is 4.96. The van der Waals surface area contributed by atoms with Crippen LogP contribution in [0.15, 0.2) is 48.5 Å². The lowest BCUT2D eigenvalue weighted by molar-refractivity contribution is -0.385. The van der Waals surface area contributed by atoms with Crippen molar-refractivity contribution >= 4 is 5.69 Å². The van der Waals surface area contributed by atoms with E-state index in [2.05, 4.69) is 0 Å². The van der Waals surface area contributed by atoms with Crippen molar-refractivity contribution in [1.29, 1.82) is 5.26 Å². The number of nitro benzene ring substituents is 1. The molecule has 82 valence electrons. The molecule has 0 fully saturated rings. The Morgan fingerprint density at radius 3 is 2.35 bits per heavy atom. The fourth-order valence-corrected chi connectivity index (χ4v) is 1.59. The van der Waals surface area contributed by atoms with Crippen molar-refractivity contribution in [2.45, 2.75) is 0 Å². The molecule has 0 radical (unpaired) electrons. The van der Waals surface area contributed by atoms with Crippen LogP contribution in [0.4, 0.5) is 5.69 Å². The van der Waals surface area contributed by atoms with Crippen molar-refractivity contribution < 1.29 is 4.92 Å². The van der Waals surface area contributed by atoms with Crippen LogP contribution < -0.4 is 0 Å². The van der Waals surface area contributed by atoms with Gasteiger partial charge in [-0.25, -0.2) is 0 Å². The van der Waals surface area contributed by atoms with Crippen molar-refractivity contribution in [3.05, 3.63) is 64.2 Å². The predicted octanol–water partition coefficient (Wildman–Crippen LogP) is 3.13. The molecular weight excluding hydrogens is 216 g/mol. The first-order chi connectivity index (χ1) is 8.22. The quantitative estimate of drug-likeness (QED) is 0.581. The summed E-state index contributed by atoms with van der Waals surface area (Å²) in [5.74, 6) is 0. The van der Waals surface area contributed by atoms with E-state index < -0.39 is 4.92 Å². The molecule has 2 aromatic rings. The molecule has 0 saturated carbocycles. The maximum Gasteiger partial charge on any atom is 0.287 e. The maximum atomic E-state index is 10.7. The van der Waals surface area contributed by atoms with Gasteiger partial charge < -0.3 is 0 Å². The smallest absolute Gasteiger partial charge is 0.258 e. The molecule has 0 bridgehead atoms. The Bertz CT molecular complexity index is 601. The minimum Gasteiger partial charge on any atom is -0.258 e. The zero-order valence-electron chi connectivity index (χ0n) is 8.83. The van der Waals surface area contributed by atoms with Gasteiger partial charge in [-0.05, 0) is 23.3 Å². The molecular formula is C13H8N2O2. The topological polar surface area (TPSA) is 66.9 Å². The highest BCUT2D eigenvalue weighted by Crippen LogP contribution is 2.25. The molecule has 0 atom stereocenters. The van der Waals surface area contributed by atoms with Gasteiger partial charge in [-0.3, -0.25) is 10.1 Å². The third-order valence-electron chi connectivity index (χ3n) is 2.42. The third-order valence-corrected chi connectivity index (χ3v) is 2.42. The molecule has 0 aromatic heterocycles. The fraction of sp³-hybridized carbons (Fsp3) is 0. The summed E-state index contributed by atoms with van der Waals surface area (Å²) in [5.41, 5.74) is 1.65. The lowest BCUT2D eigenvalue weighted by Gasteiger charge is -2.02. The summed E-state index contributed by atoms with van der Waals surface area (Å²) < 4.78 is 0. The van der Waals surface area contributed by atoms with Gasteiger partial charge in [0, 0.05) is 6.07 Å². The van der Waals surface area contributed by atoms with E-state index in [1.165, 1.54) is 12.1 Å². The number of nitriles is 1. The largest absolute Gasteiger partial charge is 0.287 e. The van der Waals surface area contributed by atoms with E-state index in [0.29, 0.717) is 0 Å². The average Bonchev–Trinajstić information content (AvgIpc) is 2.39. The highest BCUT2D eigenvalue weighted by atomic mass is 16.6. The van der Waals surface area contributed by atoms with Crippen LogP contribution in [-0.4, -0.2) is 4.92 Å². The molecule has 4 nitrogen and oxygen atoms in total. The minimum absolute atomic E-state index is 0.0800. The van der Waals surface area contributed by atoms with Gasteiger partial charge in [0.05, 0.1) is 4.92 Å². The van der Waals surface area contributed by atoms with E-state index in [1.807, 2.05) is 36.4 Å². The molecule has 0 saturated heterocycles. The van der Waals surface area contributed by atoms with Crippen LogP contribution in [0.1, 0.15) is 5.56 Å². The van der Waals surface area contributed by atoms with E-state index in [4.69, 9.17) is 5.26 Å². The van der Waals surface area contributed by atoms with Gasteiger partial charge in [-0.15, -0.1) is 0 Å². The molecule has 0 spiro atoms. The maximum absolute atomic E-state index is 10.7. The van der Waals surface area contributed by atoms with Crippen LogP contribution in [0.3, 0.4) is 0 Å². The zero-order valence-corrected chi connectivity index (χ0v) is 8.83. The van der Waals surface area contributed by atoms with Crippen molar-refractivity contribution in [3.63, 3.8) is 0 Å². The van der Waals surface area contributed by atoms with E-state index >= 15 is 0 Å².